The minimum absolute atomic E-state index is 0.00880. The van der Waals surface area contributed by atoms with Crippen LogP contribution in [0, 0.1) is 24.2 Å². The monoisotopic (exact) mass is 418 g/mol. The molecular weight excluding hydrogens is 388 g/mol. The molecule has 0 aromatic heterocycles. The first-order valence-electron chi connectivity index (χ1n) is 10.00. The molecular formula is C24H31ClO4. The van der Waals surface area contributed by atoms with Gasteiger partial charge in [-0.15, -0.1) is 0 Å². The number of ketones is 1. The lowest BCUT2D eigenvalue weighted by molar-refractivity contribution is -0.129. The van der Waals surface area contributed by atoms with E-state index in [-0.39, 0.29) is 22.6 Å². The van der Waals surface area contributed by atoms with E-state index in [1.54, 1.807) is 6.92 Å². The Kier molecular flexibility index (Phi) is 7.34. The van der Waals surface area contributed by atoms with E-state index < -0.39 is 0 Å². The molecule has 1 saturated carbocycles. The number of phenolic OH excluding ortho intramolecular Hbond substituents is 1. The molecule has 29 heavy (non-hydrogen) atoms. The van der Waals surface area contributed by atoms with Crippen LogP contribution in [0.1, 0.15) is 62.0 Å². The third-order valence-corrected chi connectivity index (χ3v) is 7.16. The van der Waals surface area contributed by atoms with Gasteiger partial charge < -0.3 is 9.84 Å². The minimum Gasteiger partial charge on any atom is -0.507 e. The van der Waals surface area contributed by atoms with E-state index in [0.717, 1.165) is 12.0 Å². The molecule has 3 unspecified atom stereocenters. The molecule has 3 atom stereocenters. The number of aromatic hydroxyl groups is 1. The fourth-order valence-electron chi connectivity index (χ4n) is 4.03. The van der Waals surface area contributed by atoms with Crippen LogP contribution in [-0.4, -0.2) is 24.3 Å². The fourth-order valence-corrected chi connectivity index (χ4v) is 4.32. The van der Waals surface area contributed by atoms with Crippen LogP contribution < -0.4 is 4.74 Å². The molecule has 158 valence electrons. The van der Waals surface area contributed by atoms with Crippen LogP contribution in [0.15, 0.2) is 23.8 Å². The summed E-state index contributed by atoms with van der Waals surface area (Å²) in [5, 5.41) is 10.9. The summed E-state index contributed by atoms with van der Waals surface area (Å²) in [4.78, 5) is 23.6. The quantitative estimate of drug-likeness (QED) is 0.464. The highest BCUT2D eigenvalue weighted by Gasteiger charge is 2.41. The summed E-state index contributed by atoms with van der Waals surface area (Å²) >= 11 is 6.33. The molecule has 1 fully saturated rings. The number of benzene rings is 1. The predicted octanol–water partition coefficient (Wildman–Crippen LogP) is 5.86. The topological polar surface area (TPSA) is 63.6 Å². The zero-order valence-electron chi connectivity index (χ0n) is 18.1. The lowest BCUT2D eigenvalue weighted by Crippen LogP contribution is -2.40. The van der Waals surface area contributed by atoms with E-state index in [1.165, 1.54) is 7.11 Å². The number of carbonyl (C=O) groups excluding carboxylic acids is 2. The van der Waals surface area contributed by atoms with Gasteiger partial charge in [0.05, 0.1) is 17.7 Å². The molecule has 1 aromatic rings. The molecule has 2 rings (SSSR count). The molecule has 1 N–H and O–H groups in total. The van der Waals surface area contributed by atoms with Crippen LogP contribution in [0.5, 0.6) is 11.5 Å². The number of ether oxygens (including phenoxy) is 1. The van der Waals surface area contributed by atoms with Crippen LogP contribution >= 0.6 is 11.6 Å². The molecule has 0 spiro atoms. The minimum atomic E-state index is -0.178. The van der Waals surface area contributed by atoms with Crippen molar-refractivity contribution in [3.8, 4) is 11.5 Å². The van der Waals surface area contributed by atoms with E-state index in [0.29, 0.717) is 52.7 Å². The Morgan fingerprint density at radius 3 is 2.62 bits per heavy atom. The number of halogens is 1. The number of allylic oxidation sites excluding steroid dienone is 4. The van der Waals surface area contributed by atoms with Gasteiger partial charge in [-0.2, -0.15) is 0 Å². The zero-order valence-corrected chi connectivity index (χ0v) is 18.9. The average molecular weight is 419 g/mol. The van der Waals surface area contributed by atoms with Gasteiger partial charge in [-0.3, -0.25) is 9.59 Å². The molecule has 0 radical (unpaired) electrons. The Morgan fingerprint density at radius 2 is 2.03 bits per heavy atom. The second kappa shape index (κ2) is 9.17. The summed E-state index contributed by atoms with van der Waals surface area (Å²) in [6, 6.07) is 0. The van der Waals surface area contributed by atoms with Crippen molar-refractivity contribution in [1.29, 1.82) is 0 Å². The lowest BCUT2D eigenvalue weighted by atomic mass is 9.61. The van der Waals surface area contributed by atoms with E-state index in [2.05, 4.69) is 19.9 Å². The van der Waals surface area contributed by atoms with Crippen molar-refractivity contribution in [2.24, 2.45) is 17.3 Å². The molecule has 0 saturated heterocycles. The molecule has 0 amide bonds. The second-order valence-electron chi connectivity index (χ2n) is 8.31. The second-order valence-corrected chi connectivity index (χ2v) is 8.69. The van der Waals surface area contributed by atoms with Crippen LogP contribution in [0.4, 0.5) is 0 Å². The van der Waals surface area contributed by atoms with Crippen molar-refractivity contribution < 1.29 is 19.4 Å². The van der Waals surface area contributed by atoms with Gasteiger partial charge in [0.25, 0.3) is 0 Å². The highest BCUT2D eigenvalue weighted by atomic mass is 35.5. The summed E-state index contributed by atoms with van der Waals surface area (Å²) < 4.78 is 5.39. The maximum atomic E-state index is 12.2. The number of methoxy groups -OCH3 is 1. The number of phenols is 1. The first-order chi connectivity index (χ1) is 13.6. The maximum Gasteiger partial charge on any atom is 0.154 e. The number of hydrogen-bond acceptors (Lipinski definition) is 4. The standard InChI is InChI=1S/C24H31ClO4/c1-14(11-12-24(5)15(2)8-10-20(27)17(24)4)7-9-18-22(28)19(13-26)16(3)21(25)23(18)29-6/h7,11-13,15,17,28H,8-10H2,1-6H3/b12-11+,14-7+. The van der Waals surface area contributed by atoms with Gasteiger partial charge in [0.15, 0.2) is 6.29 Å². The maximum absolute atomic E-state index is 12.2. The van der Waals surface area contributed by atoms with Crippen molar-refractivity contribution in [1.82, 2.24) is 0 Å². The van der Waals surface area contributed by atoms with Crippen molar-refractivity contribution in [2.75, 3.05) is 7.11 Å². The number of hydrogen-bond donors (Lipinski definition) is 1. The SMILES string of the molecule is COc1c(Cl)c(C)c(C=O)c(O)c1C/C=C(C)/C=C/C1(C)C(C)CCC(=O)C1C. The molecule has 0 heterocycles. The normalized spacial score (nSPS) is 25.5. The molecule has 0 aliphatic heterocycles. The predicted molar refractivity (Wildman–Crippen MR) is 117 cm³/mol. The number of aldehydes is 1. The van der Waals surface area contributed by atoms with Crippen molar-refractivity contribution in [3.05, 3.63) is 45.5 Å². The molecule has 5 heteroatoms. The highest BCUT2D eigenvalue weighted by Crippen LogP contribution is 2.45. The van der Waals surface area contributed by atoms with E-state index in [1.807, 2.05) is 26.0 Å². The molecule has 1 aromatic carbocycles. The third kappa shape index (κ3) is 4.42. The Morgan fingerprint density at radius 1 is 1.38 bits per heavy atom. The van der Waals surface area contributed by atoms with E-state index in [9.17, 15) is 14.7 Å². The number of carbonyl (C=O) groups is 2. The summed E-state index contributed by atoms with van der Waals surface area (Å²) in [6.45, 7) is 10.0. The average Bonchev–Trinajstić information content (AvgIpc) is 2.70. The van der Waals surface area contributed by atoms with Gasteiger partial charge >= 0.3 is 0 Å². The van der Waals surface area contributed by atoms with Crippen LogP contribution in [0.3, 0.4) is 0 Å². The van der Waals surface area contributed by atoms with Gasteiger partial charge in [-0.25, -0.2) is 0 Å². The first kappa shape index (κ1) is 23.2. The van der Waals surface area contributed by atoms with Crippen LogP contribution in [-0.2, 0) is 11.2 Å². The van der Waals surface area contributed by atoms with E-state index >= 15 is 0 Å². The first-order valence-corrected chi connectivity index (χ1v) is 10.4. The number of rotatable bonds is 6. The highest BCUT2D eigenvalue weighted by molar-refractivity contribution is 6.33. The Balaban J connectivity index is 2.33. The van der Waals surface area contributed by atoms with Gasteiger partial charge in [0.1, 0.15) is 17.3 Å². The summed E-state index contributed by atoms with van der Waals surface area (Å²) in [5.41, 5.74) is 1.98. The van der Waals surface area contributed by atoms with Crippen LogP contribution in [0.2, 0.25) is 5.02 Å². The van der Waals surface area contributed by atoms with Gasteiger partial charge in [0, 0.05) is 17.9 Å². The van der Waals surface area contributed by atoms with Gasteiger partial charge in [0.2, 0.25) is 0 Å². The Bertz CT molecular complexity index is 868. The number of Topliss-reactive ketones (excluding diaryl/α,β-unsaturated/α-hetero) is 1. The van der Waals surface area contributed by atoms with Crippen LogP contribution in [0.25, 0.3) is 0 Å². The molecule has 1 aliphatic carbocycles. The molecule has 0 bridgehead atoms. The summed E-state index contributed by atoms with van der Waals surface area (Å²) in [7, 11) is 1.49. The van der Waals surface area contributed by atoms with E-state index in [4.69, 9.17) is 16.3 Å². The van der Waals surface area contributed by atoms with Crippen molar-refractivity contribution >= 4 is 23.7 Å². The Hall–Kier alpha value is -2.07. The van der Waals surface area contributed by atoms with Crippen molar-refractivity contribution in [3.63, 3.8) is 0 Å². The van der Waals surface area contributed by atoms with Crippen molar-refractivity contribution in [2.45, 2.75) is 53.9 Å². The molecule has 4 nitrogen and oxygen atoms in total. The zero-order chi connectivity index (χ0) is 21.9. The largest absolute Gasteiger partial charge is 0.507 e. The van der Waals surface area contributed by atoms with Gasteiger partial charge in [-0.1, -0.05) is 56.2 Å². The summed E-state index contributed by atoms with van der Waals surface area (Å²) in [6.07, 6.45) is 8.68. The fraction of sp³-hybridized carbons (Fsp3) is 0.500. The lowest BCUT2D eigenvalue weighted by Gasteiger charge is -2.42. The third-order valence-electron chi connectivity index (χ3n) is 6.70. The van der Waals surface area contributed by atoms with Gasteiger partial charge in [-0.05, 0) is 43.6 Å². The smallest absolute Gasteiger partial charge is 0.154 e. The summed E-state index contributed by atoms with van der Waals surface area (Å²) in [5.74, 6) is 1.02. The Labute approximate surface area is 178 Å². The molecule has 1 aliphatic rings.